The summed E-state index contributed by atoms with van der Waals surface area (Å²) in [4.78, 5) is 15.0. The number of carbonyl (C=O) groups is 1. The molecule has 1 aliphatic heterocycles. The Bertz CT molecular complexity index is 939. The minimum absolute atomic E-state index is 0.118. The summed E-state index contributed by atoms with van der Waals surface area (Å²) in [6, 6.07) is 17.4. The molecule has 0 bridgehead atoms. The molecule has 1 aromatic heterocycles. The second kappa shape index (κ2) is 5.68. The lowest BCUT2D eigenvalue weighted by Gasteiger charge is -2.17. The zero-order valence-corrected chi connectivity index (χ0v) is 13.6. The van der Waals surface area contributed by atoms with Crippen molar-refractivity contribution in [3.8, 4) is 0 Å². The van der Waals surface area contributed by atoms with Crippen LogP contribution in [-0.4, -0.2) is 10.2 Å². The maximum Gasteiger partial charge on any atom is 0.270 e. The van der Waals surface area contributed by atoms with Crippen molar-refractivity contribution >= 4 is 56.7 Å². The fourth-order valence-electron chi connectivity index (χ4n) is 2.58. The van der Waals surface area contributed by atoms with Gasteiger partial charge in [-0.05, 0) is 23.6 Å². The molecule has 112 valence electrons. The van der Waals surface area contributed by atoms with Gasteiger partial charge in [-0.1, -0.05) is 60.4 Å². The third-order valence-corrected chi connectivity index (χ3v) is 4.92. The molecule has 2 aromatic carbocycles. The molecule has 23 heavy (non-hydrogen) atoms. The molecule has 3 aromatic rings. The standard InChI is InChI=1S/C18H11NO2S2/c20-17-16(11-13-7-4-10-21-13)23-18(22)19(17)15-9-3-6-12-5-1-2-8-14(12)15/h1-11H/b16-11+. The predicted octanol–water partition coefficient (Wildman–Crippen LogP) is 4.84. The number of thioether (sulfide) groups is 1. The molecule has 0 saturated carbocycles. The third-order valence-electron chi connectivity index (χ3n) is 3.62. The molecule has 0 aliphatic carbocycles. The maximum absolute atomic E-state index is 12.8. The summed E-state index contributed by atoms with van der Waals surface area (Å²) in [6.07, 6.45) is 3.31. The van der Waals surface area contributed by atoms with Gasteiger partial charge < -0.3 is 4.42 Å². The van der Waals surface area contributed by atoms with E-state index in [-0.39, 0.29) is 5.91 Å². The normalized spacial score (nSPS) is 16.7. The van der Waals surface area contributed by atoms with Crippen molar-refractivity contribution in [2.75, 3.05) is 4.90 Å². The Hall–Kier alpha value is -2.37. The first-order valence-corrected chi connectivity index (χ1v) is 8.26. The number of thiocarbonyl (C=S) groups is 1. The zero-order chi connectivity index (χ0) is 15.8. The molecule has 1 saturated heterocycles. The number of hydrogen-bond donors (Lipinski definition) is 0. The Morgan fingerprint density at radius 2 is 1.87 bits per heavy atom. The van der Waals surface area contributed by atoms with Crippen molar-refractivity contribution in [1.29, 1.82) is 0 Å². The summed E-state index contributed by atoms with van der Waals surface area (Å²) in [7, 11) is 0. The van der Waals surface area contributed by atoms with Crippen LogP contribution in [0, 0.1) is 0 Å². The monoisotopic (exact) mass is 337 g/mol. The average molecular weight is 337 g/mol. The summed E-state index contributed by atoms with van der Waals surface area (Å²) < 4.78 is 5.82. The first kappa shape index (κ1) is 14.2. The summed E-state index contributed by atoms with van der Waals surface area (Å²) >= 11 is 6.72. The molecular formula is C18H11NO2S2. The maximum atomic E-state index is 12.8. The van der Waals surface area contributed by atoms with E-state index in [1.807, 2.05) is 48.5 Å². The highest BCUT2D eigenvalue weighted by molar-refractivity contribution is 8.27. The Morgan fingerprint density at radius 3 is 2.70 bits per heavy atom. The molecular weight excluding hydrogens is 326 g/mol. The smallest absolute Gasteiger partial charge is 0.270 e. The van der Waals surface area contributed by atoms with Crippen LogP contribution >= 0.6 is 24.0 Å². The number of nitrogens with zero attached hydrogens (tertiary/aromatic N) is 1. The highest BCUT2D eigenvalue weighted by Crippen LogP contribution is 2.38. The molecule has 4 rings (SSSR count). The molecule has 1 fully saturated rings. The van der Waals surface area contributed by atoms with Crippen LogP contribution in [-0.2, 0) is 4.79 Å². The second-order valence-corrected chi connectivity index (χ2v) is 6.71. The lowest BCUT2D eigenvalue weighted by Crippen LogP contribution is -2.27. The molecule has 1 aliphatic rings. The number of fused-ring (bicyclic) bond motifs is 1. The largest absolute Gasteiger partial charge is 0.465 e. The Labute approximate surface area is 142 Å². The molecule has 0 atom stereocenters. The fourth-order valence-corrected chi connectivity index (χ4v) is 3.85. The summed E-state index contributed by atoms with van der Waals surface area (Å²) in [5.74, 6) is 0.524. The molecule has 2 heterocycles. The van der Waals surface area contributed by atoms with E-state index >= 15 is 0 Å². The number of amides is 1. The molecule has 0 N–H and O–H groups in total. The van der Waals surface area contributed by atoms with Gasteiger partial charge in [-0.2, -0.15) is 0 Å². The van der Waals surface area contributed by atoms with Crippen LogP contribution in [0.4, 0.5) is 5.69 Å². The van der Waals surface area contributed by atoms with Crippen molar-refractivity contribution in [2.45, 2.75) is 0 Å². The SMILES string of the molecule is O=C1/C(=C\c2ccco2)SC(=S)N1c1cccc2ccccc12. The molecule has 0 unspecified atom stereocenters. The lowest BCUT2D eigenvalue weighted by atomic mass is 10.1. The molecule has 3 nitrogen and oxygen atoms in total. The van der Waals surface area contributed by atoms with E-state index in [1.54, 1.807) is 23.3 Å². The average Bonchev–Trinajstić information content (AvgIpc) is 3.16. The van der Waals surface area contributed by atoms with Crippen LogP contribution in [0.2, 0.25) is 0 Å². The van der Waals surface area contributed by atoms with E-state index in [9.17, 15) is 4.79 Å². The van der Waals surface area contributed by atoms with Crippen LogP contribution in [0.15, 0.2) is 70.2 Å². The van der Waals surface area contributed by atoms with Crippen molar-refractivity contribution < 1.29 is 9.21 Å². The van der Waals surface area contributed by atoms with Crippen molar-refractivity contribution in [3.63, 3.8) is 0 Å². The third kappa shape index (κ3) is 2.48. The van der Waals surface area contributed by atoms with E-state index in [1.165, 1.54) is 11.8 Å². The van der Waals surface area contributed by atoms with Gasteiger partial charge in [0.1, 0.15) is 5.76 Å². The zero-order valence-electron chi connectivity index (χ0n) is 11.9. The molecule has 1 amide bonds. The van der Waals surface area contributed by atoms with Crippen molar-refractivity contribution in [1.82, 2.24) is 0 Å². The molecule has 0 spiro atoms. The number of benzene rings is 2. The van der Waals surface area contributed by atoms with Crippen LogP contribution in [0.1, 0.15) is 5.76 Å². The van der Waals surface area contributed by atoms with E-state index < -0.39 is 0 Å². The van der Waals surface area contributed by atoms with Gasteiger partial charge in [0, 0.05) is 11.5 Å². The molecule has 0 radical (unpaired) electrons. The number of furan rings is 1. The summed E-state index contributed by atoms with van der Waals surface area (Å²) in [5.41, 5.74) is 0.813. The fraction of sp³-hybridized carbons (Fsp3) is 0. The Kier molecular flexibility index (Phi) is 3.52. The van der Waals surface area contributed by atoms with Gasteiger partial charge in [-0.3, -0.25) is 9.69 Å². The van der Waals surface area contributed by atoms with Gasteiger partial charge in [0.15, 0.2) is 4.32 Å². The van der Waals surface area contributed by atoms with Gasteiger partial charge in [0.05, 0.1) is 16.9 Å². The van der Waals surface area contributed by atoms with E-state index in [0.29, 0.717) is 15.0 Å². The Balaban J connectivity index is 1.80. The predicted molar refractivity (Wildman–Crippen MR) is 98.3 cm³/mol. The van der Waals surface area contributed by atoms with Gasteiger partial charge in [-0.15, -0.1) is 0 Å². The molecule has 5 heteroatoms. The van der Waals surface area contributed by atoms with Crippen LogP contribution in [0.25, 0.3) is 16.8 Å². The van der Waals surface area contributed by atoms with E-state index in [2.05, 4.69) is 0 Å². The number of rotatable bonds is 2. The number of carbonyl (C=O) groups excluding carboxylic acids is 1. The van der Waals surface area contributed by atoms with Gasteiger partial charge in [-0.25, -0.2) is 0 Å². The number of anilines is 1. The Morgan fingerprint density at radius 1 is 1.04 bits per heavy atom. The van der Waals surface area contributed by atoms with Gasteiger partial charge in [0.2, 0.25) is 0 Å². The van der Waals surface area contributed by atoms with Gasteiger partial charge in [0.25, 0.3) is 5.91 Å². The number of hydrogen-bond acceptors (Lipinski definition) is 4. The van der Waals surface area contributed by atoms with Crippen molar-refractivity contribution in [2.24, 2.45) is 0 Å². The van der Waals surface area contributed by atoms with Gasteiger partial charge >= 0.3 is 0 Å². The first-order chi connectivity index (χ1) is 11.2. The van der Waals surface area contributed by atoms with Crippen LogP contribution < -0.4 is 4.90 Å². The first-order valence-electron chi connectivity index (χ1n) is 7.03. The second-order valence-electron chi connectivity index (χ2n) is 5.03. The topological polar surface area (TPSA) is 33.5 Å². The van der Waals surface area contributed by atoms with Crippen molar-refractivity contribution in [3.05, 3.63) is 71.5 Å². The minimum Gasteiger partial charge on any atom is -0.465 e. The highest BCUT2D eigenvalue weighted by Gasteiger charge is 2.34. The van der Waals surface area contributed by atoms with E-state index in [4.69, 9.17) is 16.6 Å². The lowest BCUT2D eigenvalue weighted by molar-refractivity contribution is -0.113. The quantitative estimate of drug-likeness (QED) is 0.495. The highest BCUT2D eigenvalue weighted by atomic mass is 32.2. The minimum atomic E-state index is -0.118. The van der Waals surface area contributed by atoms with Crippen LogP contribution in [0.3, 0.4) is 0 Å². The summed E-state index contributed by atoms with van der Waals surface area (Å²) in [5, 5.41) is 2.08. The van der Waals surface area contributed by atoms with Crippen LogP contribution in [0.5, 0.6) is 0 Å². The summed E-state index contributed by atoms with van der Waals surface area (Å²) in [6.45, 7) is 0. The van der Waals surface area contributed by atoms with E-state index in [0.717, 1.165) is 16.5 Å².